The summed E-state index contributed by atoms with van der Waals surface area (Å²) >= 11 is 0. The Labute approximate surface area is 178 Å². The summed E-state index contributed by atoms with van der Waals surface area (Å²) in [5, 5.41) is 9.16. The Balaban J connectivity index is 1.79. The molecule has 0 saturated carbocycles. The first-order chi connectivity index (χ1) is 14.8. The highest BCUT2D eigenvalue weighted by molar-refractivity contribution is 5.97. The number of carboxylic acids is 1. The minimum atomic E-state index is -5.03. The van der Waals surface area contributed by atoms with Gasteiger partial charge in [-0.25, -0.2) is 9.18 Å². The van der Waals surface area contributed by atoms with E-state index in [1.165, 1.54) is 22.6 Å². The maximum atomic E-state index is 15.1. The number of carbonyl (C=O) groups excluding carboxylic acids is 1. The molecule has 1 aromatic heterocycles. The van der Waals surface area contributed by atoms with Crippen LogP contribution in [0.4, 0.5) is 23.2 Å². The lowest BCUT2D eigenvalue weighted by molar-refractivity contribution is -0.190. The Morgan fingerprint density at radius 1 is 1.31 bits per heavy atom. The molecule has 3 heterocycles. The molecule has 8 nitrogen and oxygen atoms in total. The van der Waals surface area contributed by atoms with Crippen LogP contribution in [0.2, 0.25) is 0 Å². The standard InChI is InChI=1S/C20H19F4N3O5/c1-9-6-32-16-13-10(15(28)11(17(29)30)5-27(9)13)4-12(21)14(16)26-7-19(2,8-26)25(3)18(31)20(22,23)24/h4-5,9H,6-8H2,1-3H3,(H,29,30)/t9-/m0/s1. The SMILES string of the molecule is C[C@H]1COc2c(N3CC(C)(N(C)C(=O)C(F)(F)F)C3)c(F)cc3c(=O)c(C(=O)O)cn1c23. The lowest BCUT2D eigenvalue weighted by atomic mass is 9.89. The molecular formula is C20H19F4N3O5. The molecule has 0 radical (unpaired) electrons. The molecule has 4 rings (SSSR count). The Morgan fingerprint density at radius 2 is 1.94 bits per heavy atom. The molecule has 0 unspecified atom stereocenters. The summed E-state index contributed by atoms with van der Waals surface area (Å²) in [6.45, 7) is 3.06. The number of carboxylic acid groups (broad SMARTS) is 1. The van der Waals surface area contributed by atoms with Gasteiger partial charge in [0.15, 0.2) is 11.6 Å². The maximum absolute atomic E-state index is 15.1. The van der Waals surface area contributed by atoms with Crippen LogP contribution in [0.25, 0.3) is 10.9 Å². The van der Waals surface area contributed by atoms with E-state index in [0.29, 0.717) is 4.90 Å². The molecule has 32 heavy (non-hydrogen) atoms. The number of benzene rings is 1. The van der Waals surface area contributed by atoms with E-state index in [1.807, 2.05) is 0 Å². The van der Waals surface area contributed by atoms with Crippen molar-refractivity contribution in [2.45, 2.75) is 31.6 Å². The van der Waals surface area contributed by atoms with E-state index in [9.17, 15) is 32.7 Å². The van der Waals surface area contributed by atoms with Gasteiger partial charge in [0.25, 0.3) is 0 Å². The summed E-state index contributed by atoms with van der Waals surface area (Å²) in [7, 11) is 1.04. The summed E-state index contributed by atoms with van der Waals surface area (Å²) in [4.78, 5) is 37.7. The maximum Gasteiger partial charge on any atom is 0.471 e. The van der Waals surface area contributed by atoms with Crippen molar-refractivity contribution in [2.75, 3.05) is 31.6 Å². The average molecular weight is 457 g/mol. The molecule has 2 aliphatic rings. The van der Waals surface area contributed by atoms with E-state index >= 15 is 4.39 Å². The van der Waals surface area contributed by atoms with Gasteiger partial charge >= 0.3 is 18.1 Å². The van der Waals surface area contributed by atoms with Crippen molar-refractivity contribution in [1.29, 1.82) is 0 Å². The highest BCUT2D eigenvalue weighted by Gasteiger charge is 2.52. The minimum Gasteiger partial charge on any atom is -0.487 e. The second-order valence-electron chi connectivity index (χ2n) is 8.39. The number of anilines is 1. The van der Waals surface area contributed by atoms with Gasteiger partial charge < -0.3 is 24.2 Å². The molecule has 0 aliphatic carbocycles. The minimum absolute atomic E-state index is 0.0130. The molecule has 1 fully saturated rings. The first-order valence-corrected chi connectivity index (χ1v) is 9.63. The summed E-state index contributed by atoms with van der Waals surface area (Å²) in [5.74, 6) is -4.31. The number of hydrogen-bond donors (Lipinski definition) is 1. The molecule has 172 valence electrons. The fourth-order valence-electron chi connectivity index (χ4n) is 4.24. The second-order valence-corrected chi connectivity index (χ2v) is 8.39. The van der Waals surface area contributed by atoms with Crippen LogP contribution in [0.1, 0.15) is 30.2 Å². The van der Waals surface area contributed by atoms with E-state index in [1.54, 1.807) is 6.92 Å². The van der Waals surface area contributed by atoms with Gasteiger partial charge in [0, 0.05) is 26.3 Å². The molecule has 12 heteroatoms. The Kier molecular flexibility index (Phi) is 4.68. The van der Waals surface area contributed by atoms with Crippen LogP contribution in [0, 0.1) is 5.82 Å². The zero-order valence-electron chi connectivity index (χ0n) is 17.3. The van der Waals surface area contributed by atoms with Gasteiger partial charge in [-0.15, -0.1) is 0 Å². The number of hydrogen-bond acceptors (Lipinski definition) is 5. The number of likely N-dealkylation sites (N-methyl/N-ethyl adjacent to an activating group) is 1. The van der Waals surface area contributed by atoms with Gasteiger partial charge in [0.1, 0.15) is 17.9 Å². The molecule has 1 amide bonds. The van der Waals surface area contributed by atoms with Gasteiger partial charge in [-0.3, -0.25) is 9.59 Å². The van der Waals surface area contributed by atoms with Gasteiger partial charge in [-0.05, 0) is 19.9 Å². The van der Waals surface area contributed by atoms with Crippen LogP contribution in [0.5, 0.6) is 5.75 Å². The number of aromatic nitrogens is 1. The molecule has 1 N–H and O–H groups in total. The highest BCUT2D eigenvalue weighted by Crippen LogP contribution is 2.45. The average Bonchev–Trinajstić information content (AvgIpc) is 2.67. The van der Waals surface area contributed by atoms with Crippen LogP contribution in [0.3, 0.4) is 0 Å². The predicted octanol–water partition coefficient (Wildman–Crippen LogP) is 2.39. The van der Waals surface area contributed by atoms with E-state index in [0.717, 1.165) is 13.1 Å². The van der Waals surface area contributed by atoms with Gasteiger partial charge in [0.05, 0.1) is 22.5 Å². The largest absolute Gasteiger partial charge is 0.487 e. The summed E-state index contributed by atoms with van der Waals surface area (Å²) in [6, 6.07) is 0.570. The van der Waals surface area contributed by atoms with Crippen LogP contribution in [-0.2, 0) is 4.79 Å². The number of carbonyl (C=O) groups is 2. The van der Waals surface area contributed by atoms with Gasteiger partial charge in [-0.1, -0.05) is 0 Å². The lowest BCUT2D eigenvalue weighted by Gasteiger charge is -2.54. The predicted molar refractivity (Wildman–Crippen MR) is 105 cm³/mol. The monoisotopic (exact) mass is 457 g/mol. The van der Waals surface area contributed by atoms with Crippen LogP contribution in [0.15, 0.2) is 17.1 Å². The fourth-order valence-corrected chi connectivity index (χ4v) is 4.24. The zero-order valence-corrected chi connectivity index (χ0v) is 17.3. The normalized spacial score (nSPS) is 19.3. The third-order valence-corrected chi connectivity index (χ3v) is 6.11. The number of amides is 1. The van der Waals surface area contributed by atoms with Crippen molar-refractivity contribution in [3.05, 3.63) is 33.9 Å². The fraction of sp³-hybridized carbons (Fsp3) is 0.450. The quantitative estimate of drug-likeness (QED) is 0.712. The Hall–Kier alpha value is -3.31. The first kappa shape index (κ1) is 21.9. The molecular weight excluding hydrogens is 438 g/mol. The van der Waals surface area contributed by atoms with E-state index in [2.05, 4.69) is 0 Å². The molecule has 0 bridgehead atoms. The summed E-state index contributed by atoms with van der Waals surface area (Å²) in [5.41, 5.74) is -2.41. The lowest BCUT2D eigenvalue weighted by Crippen LogP contribution is -2.70. The van der Waals surface area contributed by atoms with E-state index < -0.39 is 40.4 Å². The van der Waals surface area contributed by atoms with Crippen molar-refractivity contribution in [3.8, 4) is 5.75 Å². The van der Waals surface area contributed by atoms with E-state index in [-0.39, 0.29) is 48.1 Å². The number of nitrogens with zero attached hydrogens (tertiary/aromatic N) is 3. The third-order valence-electron chi connectivity index (χ3n) is 6.11. The van der Waals surface area contributed by atoms with Crippen molar-refractivity contribution in [3.63, 3.8) is 0 Å². The molecule has 2 aromatic rings. The smallest absolute Gasteiger partial charge is 0.471 e. The Bertz CT molecular complexity index is 1220. The number of aromatic carboxylic acids is 1. The van der Waals surface area contributed by atoms with Crippen LogP contribution >= 0.6 is 0 Å². The highest BCUT2D eigenvalue weighted by atomic mass is 19.4. The molecule has 1 saturated heterocycles. The third kappa shape index (κ3) is 3.07. The number of ether oxygens (including phenoxy) is 1. The first-order valence-electron chi connectivity index (χ1n) is 9.63. The summed E-state index contributed by atoms with van der Waals surface area (Å²) in [6.07, 6.45) is -3.85. The van der Waals surface area contributed by atoms with E-state index in [4.69, 9.17) is 4.74 Å². The van der Waals surface area contributed by atoms with Crippen LogP contribution in [-0.4, -0.2) is 64.9 Å². The summed E-state index contributed by atoms with van der Waals surface area (Å²) < 4.78 is 60.8. The van der Waals surface area contributed by atoms with Crippen molar-refractivity contribution < 1.29 is 37.0 Å². The number of pyridine rings is 1. The van der Waals surface area contributed by atoms with Crippen molar-refractivity contribution in [2.24, 2.45) is 0 Å². The van der Waals surface area contributed by atoms with Gasteiger partial charge in [-0.2, -0.15) is 13.2 Å². The number of halogens is 4. The number of rotatable bonds is 3. The molecule has 2 aliphatic heterocycles. The number of alkyl halides is 3. The topological polar surface area (TPSA) is 92.1 Å². The molecule has 1 atom stereocenters. The van der Waals surface area contributed by atoms with Crippen molar-refractivity contribution in [1.82, 2.24) is 9.47 Å². The van der Waals surface area contributed by atoms with Gasteiger partial charge in [0.2, 0.25) is 5.43 Å². The van der Waals surface area contributed by atoms with Crippen molar-refractivity contribution >= 4 is 28.5 Å². The zero-order chi connectivity index (χ0) is 23.7. The molecule has 1 aromatic carbocycles. The molecule has 0 spiro atoms. The second kappa shape index (κ2) is 6.84. The van der Waals surface area contributed by atoms with Crippen LogP contribution < -0.4 is 15.1 Å². The Morgan fingerprint density at radius 3 is 2.50 bits per heavy atom.